The zero-order valence-corrected chi connectivity index (χ0v) is 17.7. The van der Waals surface area contributed by atoms with Crippen molar-refractivity contribution in [2.75, 3.05) is 0 Å². The van der Waals surface area contributed by atoms with Crippen molar-refractivity contribution in [1.82, 2.24) is 0 Å². The van der Waals surface area contributed by atoms with Crippen molar-refractivity contribution in [2.45, 2.75) is 26.7 Å². The summed E-state index contributed by atoms with van der Waals surface area (Å²) in [4.78, 5) is 10.2. The molecule has 0 saturated heterocycles. The number of benzene rings is 4. The molecule has 0 heterocycles. The van der Waals surface area contributed by atoms with E-state index in [1.165, 1.54) is 33.4 Å². The minimum atomic E-state index is 0.343. The first-order valence-electron chi connectivity index (χ1n) is 10.6. The molecule has 0 aromatic heterocycles. The van der Waals surface area contributed by atoms with Crippen LogP contribution in [0, 0.1) is 0 Å². The quantitative estimate of drug-likeness (QED) is 0.335. The van der Waals surface area contributed by atoms with E-state index in [4.69, 9.17) is 0 Å². The van der Waals surface area contributed by atoms with Gasteiger partial charge in [0, 0.05) is 12.8 Å². The van der Waals surface area contributed by atoms with Crippen molar-refractivity contribution in [3.8, 4) is 33.4 Å². The van der Waals surface area contributed by atoms with E-state index in [0.717, 1.165) is 0 Å². The number of hydrogen-bond acceptors (Lipinski definition) is 1. The third-order valence-electron chi connectivity index (χ3n) is 5.09. The van der Waals surface area contributed by atoms with Gasteiger partial charge in [0.15, 0.2) is 0 Å². The van der Waals surface area contributed by atoms with Crippen molar-refractivity contribution in [2.24, 2.45) is 0 Å². The zero-order chi connectivity index (χ0) is 21.2. The number of carbonyl (C=O) groups is 1. The fraction of sp³-hybridized carbons (Fsp3) is 0.138. The van der Waals surface area contributed by atoms with Crippen LogP contribution >= 0.6 is 0 Å². The SMILES string of the molecule is CCC(=O)CC.c1ccc(-c2cccc(-c3ccccc3)c2-c2ccccc2)cc1. The van der Waals surface area contributed by atoms with Crippen LogP contribution in [0.5, 0.6) is 0 Å². The fourth-order valence-electron chi connectivity index (χ4n) is 3.43. The molecular weight excluding hydrogens is 364 g/mol. The summed E-state index contributed by atoms with van der Waals surface area (Å²) in [5.41, 5.74) is 7.56. The van der Waals surface area contributed by atoms with Crippen LogP contribution in [0.2, 0.25) is 0 Å². The highest BCUT2D eigenvalue weighted by Crippen LogP contribution is 2.39. The predicted molar refractivity (Wildman–Crippen MR) is 128 cm³/mol. The van der Waals surface area contributed by atoms with Gasteiger partial charge in [-0.25, -0.2) is 0 Å². The van der Waals surface area contributed by atoms with Gasteiger partial charge in [0.05, 0.1) is 0 Å². The van der Waals surface area contributed by atoms with Gasteiger partial charge in [0.1, 0.15) is 5.78 Å². The number of rotatable bonds is 5. The summed E-state index contributed by atoms with van der Waals surface area (Å²) in [6.45, 7) is 3.76. The van der Waals surface area contributed by atoms with Crippen molar-refractivity contribution < 1.29 is 4.79 Å². The Hall–Kier alpha value is -3.45. The molecule has 0 N–H and O–H groups in total. The summed E-state index contributed by atoms with van der Waals surface area (Å²) in [6.07, 6.45) is 1.38. The standard InChI is InChI=1S/C24H18.C5H10O/c1-4-11-19(12-5-1)22-17-10-18-23(20-13-6-2-7-14-20)24(22)21-15-8-3-9-16-21;1-3-5(6)4-2/h1-18H;3-4H2,1-2H3. The van der Waals surface area contributed by atoms with E-state index < -0.39 is 0 Å². The van der Waals surface area contributed by atoms with Crippen molar-refractivity contribution in [3.05, 3.63) is 109 Å². The molecule has 1 nitrogen and oxygen atoms in total. The van der Waals surface area contributed by atoms with Crippen molar-refractivity contribution in [3.63, 3.8) is 0 Å². The van der Waals surface area contributed by atoms with E-state index in [2.05, 4.69) is 109 Å². The highest BCUT2D eigenvalue weighted by atomic mass is 16.1. The van der Waals surface area contributed by atoms with Crippen LogP contribution in [0.15, 0.2) is 109 Å². The molecule has 0 amide bonds. The zero-order valence-electron chi connectivity index (χ0n) is 17.7. The second kappa shape index (κ2) is 10.9. The second-order valence-corrected chi connectivity index (χ2v) is 7.07. The molecule has 0 aliphatic rings. The van der Waals surface area contributed by atoms with Crippen LogP contribution in [0.4, 0.5) is 0 Å². The Balaban J connectivity index is 0.000000377. The van der Waals surface area contributed by atoms with Gasteiger partial charge in [0.2, 0.25) is 0 Å². The summed E-state index contributed by atoms with van der Waals surface area (Å²) in [5.74, 6) is 0.343. The van der Waals surface area contributed by atoms with Crippen molar-refractivity contribution >= 4 is 5.78 Å². The van der Waals surface area contributed by atoms with Gasteiger partial charge in [-0.3, -0.25) is 4.79 Å². The summed E-state index contributed by atoms with van der Waals surface area (Å²) in [5, 5.41) is 0. The Labute approximate surface area is 180 Å². The average Bonchev–Trinajstić information content (AvgIpc) is 2.85. The summed E-state index contributed by atoms with van der Waals surface area (Å²) < 4.78 is 0. The minimum Gasteiger partial charge on any atom is -0.300 e. The first kappa shape index (κ1) is 21.3. The highest BCUT2D eigenvalue weighted by molar-refractivity contribution is 5.94. The molecule has 0 bridgehead atoms. The van der Waals surface area contributed by atoms with E-state index in [0.29, 0.717) is 18.6 Å². The molecule has 0 aliphatic carbocycles. The Morgan fingerprint density at radius 3 is 1.20 bits per heavy atom. The molecule has 4 rings (SSSR count). The first-order chi connectivity index (χ1) is 14.7. The normalized spacial score (nSPS) is 10.1. The Kier molecular flexibility index (Phi) is 7.74. The number of carbonyl (C=O) groups excluding carboxylic acids is 1. The van der Waals surface area contributed by atoms with Gasteiger partial charge < -0.3 is 0 Å². The van der Waals surface area contributed by atoms with Gasteiger partial charge in [-0.05, 0) is 33.4 Å². The lowest BCUT2D eigenvalue weighted by atomic mass is 9.88. The molecule has 4 aromatic carbocycles. The van der Waals surface area contributed by atoms with Gasteiger partial charge in [-0.1, -0.05) is 123 Å². The Morgan fingerprint density at radius 1 is 0.500 bits per heavy atom. The molecule has 150 valence electrons. The summed E-state index contributed by atoms with van der Waals surface area (Å²) in [7, 11) is 0. The summed E-state index contributed by atoms with van der Waals surface area (Å²) in [6, 6.07) is 38.4. The Morgan fingerprint density at radius 2 is 0.867 bits per heavy atom. The van der Waals surface area contributed by atoms with Crippen LogP contribution < -0.4 is 0 Å². The van der Waals surface area contributed by atoms with E-state index in [-0.39, 0.29) is 0 Å². The highest BCUT2D eigenvalue weighted by Gasteiger charge is 2.13. The molecule has 4 aromatic rings. The molecular formula is C29H28O. The van der Waals surface area contributed by atoms with Crippen LogP contribution in [0.3, 0.4) is 0 Å². The van der Waals surface area contributed by atoms with Crippen molar-refractivity contribution in [1.29, 1.82) is 0 Å². The average molecular weight is 393 g/mol. The van der Waals surface area contributed by atoms with Gasteiger partial charge >= 0.3 is 0 Å². The molecule has 0 spiro atoms. The van der Waals surface area contributed by atoms with Crippen LogP contribution in [0.25, 0.3) is 33.4 Å². The second-order valence-electron chi connectivity index (χ2n) is 7.07. The predicted octanol–water partition coefficient (Wildman–Crippen LogP) is 8.06. The smallest absolute Gasteiger partial charge is 0.132 e. The number of ketones is 1. The summed E-state index contributed by atoms with van der Waals surface area (Å²) >= 11 is 0. The lowest BCUT2D eigenvalue weighted by molar-refractivity contribution is -0.118. The third kappa shape index (κ3) is 5.33. The third-order valence-corrected chi connectivity index (χ3v) is 5.09. The van der Waals surface area contributed by atoms with Gasteiger partial charge in [0.25, 0.3) is 0 Å². The monoisotopic (exact) mass is 392 g/mol. The van der Waals surface area contributed by atoms with Crippen LogP contribution in [-0.2, 0) is 4.79 Å². The van der Waals surface area contributed by atoms with E-state index >= 15 is 0 Å². The molecule has 0 atom stereocenters. The molecule has 0 fully saturated rings. The molecule has 0 saturated carbocycles. The number of Topliss-reactive ketones (excluding diaryl/α,β-unsaturated/α-hetero) is 1. The maximum atomic E-state index is 10.2. The maximum absolute atomic E-state index is 10.2. The lowest BCUT2D eigenvalue weighted by Crippen LogP contribution is -1.90. The number of hydrogen-bond donors (Lipinski definition) is 0. The topological polar surface area (TPSA) is 17.1 Å². The van der Waals surface area contributed by atoms with E-state index in [1.54, 1.807) is 0 Å². The van der Waals surface area contributed by atoms with Crippen LogP contribution in [-0.4, -0.2) is 5.78 Å². The Bertz CT molecular complexity index is 988. The minimum absolute atomic E-state index is 0.343. The lowest BCUT2D eigenvalue weighted by Gasteiger charge is -2.16. The van der Waals surface area contributed by atoms with Gasteiger partial charge in [-0.2, -0.15) is 0 Å². The van der Waals surface area contributed by atoms with E-state index in [1.807, 2.05) is 13.8 Å². The first-order valence-corrected chi connectivity index (χ1v) is 10.6. The molecule has 0 unspecified atom stereocenters. The fourth-order valence-corrected chi connectivity index (χ4v) is 3.43. The van der Waals surface area contributed by atoms with E-state index in [9.17, 15) is 4.79 Å². The molecule has 30 heavy (non-hydrogen) atoms. The largest absolute Gasteiger partial charge is 0.300 e. The molecule has 1 heteroatoms. The molecule has 0 aliphatic heterocycles. The van der Waals surface area contributed by atoms with Crippen LogP contribution in [0.1, 0.15) is 26.7 Å². The maximum Gasteiger partial charge on any atom is 0.132 e. The molecule has 0 radical (unpaired) electrons. The van der Waals surface area contributed by atoms with Gasteiger partial charge in [-0.15, -0.1) is 0 Å².